The molecule has 0 bridgehead atoms. The molecule has 0 unspecified atom stereocenters. The van der Waals surface area contributed by atoms with Gasteiger partial charge in [-0.3, -0.25) is 0 Å². The summed E-state index contributed by atoms with van der Waals surface area (Å²) in [5.74, 6) is 2.73. The van der Waals surface area contributed by atoms with Crippen LogP contribution in [0.5, 0.6) is 0 Å². The van der Waals surface area contributed by atoms with Crippen molar-refractivity contribution in [1.82, 2.24) is 15.0 Å². The van der Waals surface area contributed by atoms with Crippen LogP contribution in [0.4, 0.5) is 0 Å². The maximum absolute atomic E-state index is 5.59. The molecule has 4 rings (SSSR count). The molecule has 140 valence electrons. The third-order valence-electron chi connectivity index (χ3n) is 6.30. The minimum Gasteiger partial charge on any atom is -0.334 e. The molecule has 0 radical (unpaired) electrons. The molecule has 1 aromatic heterocycles. The molecule has 2 fully saturated rings. The normalized spacial score (nSPS) is 20.7. The van der Waals surface area contributed by atoms with Crippen LogP contribution in [-0.4, -0.2) is 34.2 Å². The van der Waals surface area contributed by atoms with Crippen molar-refractivity contribution < 1.29 is 4.52 Å². The van der Waals surface area contributed by atoms with Crippen molar-refractivity contribution in [3.63, 3.8) is 0 Å². The Bertz CT molecular complexity index is 692. The van der Waals surface area contributed by atoms with E-state index in [9.17, 15) is 0 Å². The summed E-state index contributed by atoms with van der Waals surface area (Å²) in [5, 5.41) is 4.29. The predicted molar refractivity (Wildman–Crippen MR) is 104 cm³/mol. The van der Waals surface area contributed by atoms with Gasteiger partial charge in [0.05, 0.1) is 0 Å². The Balaban J connectivity index is 1.41. The Labute approximate surface area is 157 Å². The van der Waals surface area contributed by atoms with Crippen LogP contribution in [0.1, 0.15) is 82.0 Å². The molecule has 0 amide bonds. The number of nitrogens with zero attached hydrogens (tertiary/aromatic N) is 3. The molecule has 26 heavy (non-hydrogen) atoms. The van der Waals surface area contributed by atoms with Crippen molar-refractivity contribution >= 4 is 0 Å². The summed E-state index contributed by atoms with van der Waals surface area (Å²) in [4.78, 5) is 7.25. The van der Waals surface area contributed by atoms with Gasteiger partial charge in [-0.25, -0.2) is 0 Å². The monoisotopic (exact) mass is 353 g/mol. The molecule has 1 saturated heterocycles. The number of piperidine rings is 1. The van der Waals surface area contributed by atoms with Crippen molar-refractivity contribution in [3.05, 3.63) is 35.7 Å². The van der Waals surface area contributed by atoms with Gasteiger partial charge in [0.2, 0.25) is 0 Å². The first-order valence-electron chi connectivity index (χ1n) is 10.4. The fraction of sp³-hybridized carbons (Fsp3) is 0.636. The largest absolute Gasteiger partial charge is 0.334 e. The average molecular weight is 354 g/mol. The van der Waals surface area contributed by atoms with Gasteiger partial charge in [0.15, 0.2) is 5.82 Å². The van der Waals surface area contributed by atoms with Crippen LogP contribution >= 0.6 is 0 Å². The molecule has 1 aliphatic heterocycles. The van der Waals surface area contributed by atoms with Crippen molar-refractivity contribution in [2.24, 2.45) is 0 Å². The summed E-state index contributed by atoms with van der Waals surface area (Å²) >= 11 is 0. The molecule has 4 nitrogen and oxygen atoms in total. The number of hydrogen-bond acceptors (Lipinski definition) is 4. The summed E-state index contributed by atoms with van der Waals surface area (Å²) in [6.07, 6.45) is 9.05. The summed E-state index contributed by atoms with van der Waals surface area (Å²) in [5.41, 5.74) is 2.51. The van der Waals surface area contributed by atoms with Crippen LogP contribution < -0.4 is 0 Å². The van der Waals surface area contributed by atoms with E-state index in [2.05, 4.69) is 48.2 Å². The quantitative estimate of drug-likeness (QED) is 0.741. The highest BCUT2D eigenvalue weighted by molar-refractivity contribution is 5.53. The molecule has 4 heteroatoms. The molecule has 2 heterocycles. The first kappa shape index (κ1) is 17.7. The van der Waals surface area contributed by atoms with E-state index in [1.807, 2.05) is 0 Å². The zero-order chi connectivity index (χ0) is 17.9. The molecule has 1 saturated carbocycles. The van der Waals surface area contributed by atoms with Crippen molar-refractivity contribution in [1.29, 1.82) is 0 Å². The second-order valence-corrected chi connectivity index (χ2v) is 8.32. The van der Waals surface area contributed by atoms with E-state index in [0.717, 1.165) is 43.2 Å². The summed E-state index contributed by atoms with van der Waals surface area (Å²) in [7, 11) is 0. The summed E-state index contributed by atoms with van der Waals surface area (Å²) < 4.78 is 5.59. The van der Waals surface area contributed by atoms with Gasteiger partial charge in [0.1, 0.15) is 0 Å². The highest BCUT2D eigenvalue weighted by atomic mass is 16.5. The summed E-state index contributed by atoms with van der Waals surface area (Å²) in [6.45, 7) is 6.79. The Morgan fingerprint density at radius 2 is 1.62 bits per heavy atom. The van der Waals surface area contributed by atoms with Gasteiger partial charge in [0.25, 0.3) is 5.89 Å². The lowest BCUT2D eigenvalue weighted by Crippen LogP contribution is -2.38. The average Bonchev–Trinajstić information content (AvgIpc) is 3.19. The van der Waals surface area contributed by atoms with Gasteiger partial charge < -0.3 is 9.42 Å². The number of hydrogen-bond donors (Lipinski definition) is 0. The van der Waals surface area contributed by atoms with Crippen molar-refractivity contribution in [3.8, 4) is 11.5 Å². The molecular formula is C22H31N3O. The van der Waals surface area contributed by atoms with Crippen molar-refractivity contribution in [2.45, 2.75) is 76.7 Å². The molecule has 1 aliphatic carbocycles. The third-order valence-corrected chi connectivity index (χ3v) is 6.30. The lowest BCUT2D eigenvalue weighted by Gasteiger charge is -2.33. The standard InChI is InChI=1S/C22H31N3O/c1-16(2)25-14-12-19(13-15-25)21-23-22(26-24-21)20-10-8-18(9-11-20)17-6-4-3-5-7-17/h8-11,16-17,19H,3-7,12-15H2,1-2H3. The maximum Gasteiger partial charge on any atom is 0.257 e. The van der Waals surface area contributed by atoms with Crippen LogP contribution in [0.2, 0.25) is 0 Å². The van der Waals surface area contributed by atoms with E-state index in [-0.39, 0.29) is 0 Å². The first-order chi connectivity index (χ1) is 12.7. The minimum atomic E-state index is 0.434. The molecule has 0 N–H and O–H groups in total. The second kappa shape index (κ2) is 7.91. The molecule has 0 atom stereocenters. The lowest BCUT2D eigenvalue weighted by molar-refractivity contribution is 0.168. The van der Waals surface area contributed by atoms with Gasteiger partial charge >= 0.3 is 0 Å². The highest BCUT2D eigenvalue weighted by Gasteiger charge is 2.26. The second-order valence-electron chi connectivity index (χ2n) is 8.32. The third kappa shape index (κ3) is 3.85. The number of aromatic nitrogens is 2. The Morgan fingerprint density at radius 3 is 2.27 bits per heavy atom. The topological polar surface area (TPSA) is 42.2 Å². The van der Waals surface area contributed by atoms with E-state index < -0.39 is 0 Å². The molecule has 2 aromatic rings. The van der Waals surface area contributed by atoms with Crippen LogP contribution in [0, 0.1) is 0 Å². The highest BCUT2D eigenvalue weighted by Crippen LogP contribution is 2.34. The van der Waals surface area contributed by atoms with Gasteiger partial charge in [-0.2, -0.15) is 4.98 Å². The van der Waals surface area contributed by atoms with E-state index >= 15 is 0 Å². The van der Waals surface area contributed by atoms with E-state index in [0.29, 0.717) is 17.9 Å². The molecular weight excluding hydrogens is 322 g/mol. The molecule has 0 spiro atoms. The van der Waals surface area contributed by atoms with E-state index in [4.69, 9.17) is 9.51 Å². The van der Waals surface area contributed by atoms with Crippen LogP contribution in [0.25, 0.3) is 11.5 Å². The van der Waals surface area contributed by atoms with Crippen LogP contribution in [-0.2, 0) is 0 Å². The van der Waals surface area contributed by atoms with Gasteiger partial charge in [-0.05, 0) is 76.2 Å². The van der Waals surface area contributed by atoms with Crippen LogP contribution in [0.15, 0.2) is 28.8 Å². The van der Waals surface area contributed by atoms with E-state index in [1.165, 1.54) is 37.7 Å². The maximum atomic E-state index is 5.59. The van der Waals surface area contributed by atoms with Gasteiger partial charge in [0, 0.05) is 17.5 Å². The number of benzene rings is 1. The first-order valence-corrected chi connectivity index (χ1v) is 10.4. The predicted octanol–water partition coefficient (Wildman–Crippen LogP) is 5.37. The fourth-order valence-electron chi connectivity index (χ4n) is 4.53. The number of likely N-dealkylation sites (tertiary alicyclic amines) is 1. The fourth-order valence-corrected chi connectivity index (χ4v) is 4.53. The van der Waals surface area contributed by atoms with Crippen molar-refractivity contribution in [2.75, 3.05) is 13.1 Å². The van der Waals surface area contributed by atoms with Crippen LogP contribution in [0.3, 0.4) is 0 Å². The summed E-state index contributed by atoms with van der Waals surface area (Å²) in [6, 6.07) is 9.46. The zero-order valence-corrected chi connectivity index (χ0v) is 16.2. The SMILES string of the molecule is CC(C)N1CCC(c2noc(-c3ccc(C4CCCCC4)cc3)n2)CC1. The van der Waals surface area contributed by atoms with E-state index in [1.54, 1.807) is 0 Å². The molecule has 1 aromatic carbocycles. The lowest BCUT2D eigenvalue weighted by atomic mass is 9.84. The molecule has 2 aliphatic rings. The zero-order valence-electron chi connectivity index (χ0n) is 16.2. The Morgan fingerprint density at radius 1 is 0.923 bits per heavy atom. The number of rotatable bonds is 4. The van der Waals surface area contributed by atoms with Gasteiger partial charge in [-0.15, -0.1) is 0 Å². The smallest absolute Gasteiger partial charge is 0.257 e. The Kier molecular flexibility index (Phi) is 5.39. The van der Waals surface area contributed by atoms with Gasteiger partial charge in [-0.1, -0.05) is 36.6 Å². The minimum absolute atomic E-state index is 0.434. The Hall–Kier alpha value is -1.68.